The predicted octanol–water partition coefficient (Wildman–Crippen LogP) is 5.25. The molecule has 5 rings (SSSR count). The van der Waals surface area contributed by atoms with E-state index in [0.29, 0.717) is 29.1 Å². The topological polar surface area (TPSA) is 77.1 Å². The number of aromatic nitrogens is 1. The Balaban J connectivity index is 1.24. The first-order chi connectivity index (χ1) is 19.1. The first-order valence-corrected chi connectivity index (χ1v) is 12.6. The van der Waals surface area contributed by atoms with Gasteiger partial charge in [0.1, 0.15) is 11.6 Å². The van der Waals surface area contributed by atoms with Crippen LogP contribution in [0.4, 0.5) is 14.5 Å². The third-order valence-electron chi connectivity index (χ3n) is 6.73. The molecule has 0 unspecified atom stereocenters. The third kappa shape index (κ3) is 5.92. The van der Waals surface area contributed by atoms with Crippen molar-refractivity contribution in [1.82, 2.24) is 9.88 Å². The van der Waals surface area contributed by atoms with Crippen molar-refractivity contribution < 1.29 is 13.6 Å². The Morgan fingerprint density at radius 3 is 2.67 bits per heavy atom. The van der Waals surface area contributed by atoms with Crippen molar-refractivity contribution >= 4 is 29.2 Å². The van der Waals surface area contributed by atoms with Gasteiger partial charge >= 0.3 is 0 Å². The van der Waals surface area contributed by atoms with Crippen LogP contribution in [0, 0.1) is 23.0 Å². The maximum atomic E-state index is 14.3. The predicted molar refractivity (Wildman–Crippen MR) is 149 cm³/mol. The molecule has 9 heteroatoms. The molecule has 4 aromatic rings. The zero-order chi connectivity index (χ0) is 27.2. The van der Waals surface area contributed by atoms with Crippen LogP contribution in [0.25, 0.3) is 22.0 Å². The van der Waals surface area contributed by atoms with Gasteiger partial charge in [-0.2, -0.15) is 5.26 Å². The second-order valence-corrected chi connectivity index (χ2v) is 9.11. The molecule has 0 atom stereocenters. The van der Waals surface area contributed by atoms with Gasteiger partial charge in [-0.25, -0.2) is 13.8 Å². The van der Waals surface area contributed by atoms with Gasteiger partial charge in [-0.3, -0.25) is 9.88 Å². The number of benzene rings is 3. The van der Waals surface area contributed by atoms with E-state index in [9.17, 15) is 8.78 Å². The Labute approximate surface area is 225 Å². The molecule has 0 amide bonds. The minimum atomic E-state index is -0.480. The summed E-state index contributed by atoms with van der Waals surface area (Å²) in [5, 5.41) is 13.6. The Morgan fingerprint density at radius 2 is 1.87 bits per heavy atom. The van der Waals surface area contributed by atoms with Gasteiger partial charge in [-0.1, -0.05) is 23.4 Å². The molecule has 196 valence electrons. The number of aliphatic imine (C=N–C) groups is 1. The van der Waals surface area contributed by atoms with E-state index < -0.39 is 11.6 Å². The monoisotopic (exact) mass is 524 g/mol. The number of pyridine rings is 1. The summed E-state index contributed by atoms with van der Waals surface area (Å²) in [5.41, 5.74) is 3.80. The Morgan fingerprint density at radius 1 is 1.03 bits per heavy atom. The summed E-state index contributed by atoms with van der Waals surface area (Å²) in [6.45, 7) is 8.00. The zero-order valence-electron chi connectivity index (χ0n) is 21.2. The maximum Gasteiger partial charge on any atom is 0.251 e. The van der Waals surface area contributed by atoms with Crippen LogP contribution < -0.4 is 4.90 Å². The smallest absolute Gasteiger partial charge is 0.251 e. The number of hydrogen-bond donors (Lipinski definition) is 0. The molecule has 1 aliphatic rings. The van der Waals surface area contributed by atoms with Crippen molar-refractivity contribution in [3.63, 3.8) is 0 Å². The normalized spacial score (nSPS) is 14.3. The summed E-state index contributed by atoms with van der Waals surface area (Å²) in [6.07, 6.45) is 1.75. The molecule has 0 N–H and O–H groups in total. The molecule has 0 spiro atoms. The molecule has 1 fully saturated rings. The summed E-state index contributed by atoms with van der Waals surface area (Å²) in [6, 6.07) is 20.1. The van der Waals surface area contributed by atoms with Crippen LogP contribution in [0.3, 0.4) is 0 Å². The lowest BCUT2D eigenvalue weighted by molar-refractivity contribution is 0.263. The highest BCUT2D eigenvalue weighted by Crippen LogP contribution is 2.31. The van der Waals surface area contributed by atoms with Crippen LogP contribution in [-0.4, -0.2) is 61.8 Å². The molecule has 1 aromatic heterocycles. The van der Waals surface area contributed by atoms with Crippen LogP contribution >= 0.6 is 0 Å². The van der Waals surface area contributed by atoms with Gasteiger partial charge in [-0.15, -0.1) is 0 Å². The van der Waals surface area contributed by atoms with Gasteiger partial charge in [0.15, 0.2) is 0 Å². The van der Waals surface area contributed by atoms with Crippen LogP contribution in [0.15, 0.2) is 83.1 Å². The molecule has 1 saturated heterocycles. The summed E-state index contributed by atoms with van der Waals surface area (Å²) >= 11 is 0. The molecule has 0 aliphatic carbocycles. The second-order valence-electron chi connectivity index (χ2n) is 9.11. The van der Waals surface area contributed by atoms with Crippen LogP contribution in [0.1, 0.15) is 11.1 Å². The van der Waals surface area contributed by atoms with E-state index in [-0.39, 0.29) is 5.56 Å². The lowest BCUT2D eigenvalue weighted by Crippen LogP contribution is -2.47. The fourth-order valence-electron chi connectivity index (χ4n) is 4.76. The average Bonchev–Trinajstić information content (AvgIpc) is 2.97. The number of nitriles is 1. The highest BCUT2D eigenvalue weighted by Gasteiger charge is 2.19. The molecule has 3 aromatic carbocycles. The summed E-state index contributed by atoms with van der Waals surface area (Å²) < 4.78 is 28.0. The molecule has 0 bridgehead atoms. The lowest BCUT2D eigenvalue weighted by atomic mass is 10.0. The van der Waals surface area contributed by atoms with Gasteiger partial charge in [0.2, 0.25) is 0 Å². The first kappa shape index (κ1) is 25.9. The van der Waals surface area contributed by atoms with Crippen molar-refractivity contribution in [2.75, 3.05) is 44.2 Å². The number of piperazine rings is 1. The number of anilines is 1. The average molecular weight is 525 g/mol. The highest BCUT2D eigenvalue weighted by molar-refractivity contribution is 5.95. The molecule has 0 radical (unpaired) electrons. The minimum Gasteiger partial charge on any atom is -0.368 e. The zero-order valence-corrected chi connectivity index (χ0v) is 21.2. The largest absolute Gasteiger partial charge is 0.368 e. The van der Waals surface area contributed by atoms with Crippen LogP contribution in [-0.2, 0) is 4.84 Å². The van der Waals surface area contributed by atoms with Crippen molar-refractivity contribution in [2.24, 2.45) is 10.1 Å². The molecular weight excluding hydrogens is 498 g/mol. The lowest BCUT2D eigenvalue weighted by Gasteiger charge is -2.36. The van der Waals surface area contributed by atoms with E-state index in [4.69, 9.17) is 10.1 Å². The van der Waals surface area contributed by atoms with E-state index in [1.54, 1.807) is 30.5 Å². The van der Waals surface area contributed by atoms with E-state index in [2.05, 4.69) is 37.7 Å². The molecule has 39 heavy (non-hydrogen) atoms. The highest BCUT2D eigenvalue weighted by atomic mass is 19.1. The number of hydrogen-bond acceptors (Lipinski definition) is 7. The van der Waals surface area contributed by atoms with E-state index >= 15 is 0 Å². The SMILES string of the molecule is C=NOC(=NCCN1CCN(c2ccnc3cc(-c4cc(F)ccc4F)ccc23)CC1)c1cccc(C#N)c1. The molecule has 7 nitrogen and oxygen atoms in total. The van der Waals surface area contributed by atoms with E-state index in [1.165, 1.54) is 6.07 Å². The number of halogens is 2. The van der Waals surface area contributed by atoms with Gasteiger partial charge in [0.25, 0.3) is 5.90 Å². The number of nitrogens with zero attached hydrogens (tertiary/aromatic N) is 6. The van der Waals surface area contributed by atoms with Crippen LogP contribution in [0.5, 0.6) is 0 Å². The van der Waals surface area contributed by atoms with Gasteiger partial charge in [0.05, 0.1) is 23.7 Å². The number of fused-ring (bicyclic) bond motifs is 1. The Bertz CT molecular complexity index is 1570. The fraction of sp³-hybridized carbons (Fsp3) is 0.200. The summed E-state index contributed by atoms with van der Waals surface area (Å²) in [4.78, 5) is 19.0. The summed E-state index contributed by atoms with van der Waals surface area (Å²) in [5.74, 6) is -0.616. The van der Waals surface area contributed by atoms with E-state index in [0.717, 1.165) is 61.4 Å². The Hall–Kier alpha value is -4.68. The number of rotatable bonds is 7. The molecular formula is C30H26F2N6O. The quantitative estimate of drug-likeness (QED) is 0.187. The van der Waals surface area contributed by atoms with Crippen molar-refractivity contribution in [3.05, 3.63) is 95.7 Å². The van der Waals surface area contributed by atoms with Crippen molar-refractivity contribution in [1.29, 1.82) is 5.26 Å². The summed E-state index contributed by atoms with van der Waals surface area (Å²) in [7, 11) is 0. The van der Waals surface area contributed by atoms with Gasteiger partial charge in [0, 0.05) is 67.8 Å². The van der Waals surface area contributed by atoms with E-state index in [1.807, 2.05) is 24.3 Å². The standard InChI is InChI=1S/C30H26F2N6O/c1-34-39-30(23-4-2-3-21(17-23)20-33)36-11-12-37-13-15-38(16-14-37)29-9-10-35-28-18-22(5-7-25(28)29)26-19-24(31)6-8-27(26)32/h2-10,17-19H,1,11-16H2. The minimum absolute atomic E-state index is 0.218. The third-order valence-corrected chi connectivity index (χ3v) is 6.73. The van der Waals surface area contributed by atoms with Gasteiger partial charge < -0.3 is 9.74 Å². The molecule has 1 aliphatic heterocycles. The fourth-order valence-corrected chi connectivity index (χ4v) is 4.76. The first-order valence-electron chi connectivity index (χ1n) is 12.6. The van der Waals surface area contributed by atoms with Gasteiger partial charge in [-0.05, 0) is 54.1 Å². The van der Waals surface area contributed by atoms with Crippen LogP contribution in [0.2, 0.25) is 0 Å². The van der Waals surface area contributed by atoms with Crippen molar-refractivity contribution in [3.8, 4) is 17.2 Å². The maximum absolute atomic E-state index is 14.3. The number of oxime groups is 1. The molecule has 0 saturated carbocycles. The second kappa shape index (κ2) is 11.8. The Kier molecular flexibility index (Phi) is 7.85. The van der Waals surface area contributed by atoms with Crippen molar-refractivity contribution in [2.45, 2.75) is 0 Å². The molecule has 2 heterocycles.